The van der Waals surface area contributed by atoms with Gasteiger partial charge in [-0.1, -0.05) is 0 Å². The zero-order chi connectivity index (χ0) is 12.1. The summed E-state index contributed by atoms with van der Waals surface area (Å²) >= 11 is 0. The number of hydrogen-bond acceptors (Lipinski definition) is 3. The second-order valence-electron chi connectivity index (χ2n) is 2.63. The lowest BCUT2D eigenvalue weighted by Crippen LogP contribution is -2.18. The molecular formula is C8H9F3N2O2. The summed E-state index contributed by atoms with van der Waals surface area (Å²) in [6.07, 6.45) is -3.90. The molecule has 0 fully saturated rings. The van der Waals surface area contributed by atoms with Crippen LogP contribution in [0, 0.1) is 0 Å². The standard InChI is InChI=1S/C8H9F3N2O2/c1-5(14)3-7(8(9,10)11)4-12-13-6(2)15/h3-4H,1-2H3,(H,13,15)/b7-3+,12-4+. The predicted molar refractivity (Wildman–Crippen MR) is 47.1 cm³/mol. The van der Waals surface area contributed by atoms with Crippen LogP contribution in [0.25, 0.3) is 0 Å². The molecule has 1 amide bonds. The Bertz CT molecular complexity index is 318. The summed E-state index contributed by atoms with van der Waals surface area (Å²) in [5.74, 6) is -1.35. The Kier molecular flexibility index (Phi) is 4.69. The SMILES string of the molecule is CC(=O)/C=C(\C=N\NC(C)=O)C(F)(F)F. The van der Waals surface area contributed by atoms with Crippen molar-refractivity contribution in [3.8, 4) is 0 Å². The largest absolute Gasteiger partial charge is 0.418 e. The molecule has 7 heteroatoms. The van der Waals surface area contributed by atoms with Crippen molar-refractivity contribution < 1.29 is 22.8 Å². The van der Waals surface area contributed by atoms with Crippen molar-refractivity contribution in [2.45, 2.75) is 20.0 Å². The highest BCUT2D eigenvalue weighted by Crippen LogP contribution is 2.23. The number of ketones is 1. The monoisotopic (exact) mass is 222 g/mol. The zero-order valence-corrected chi connectivity index (χ0v) is 8.05. The van der Waals surface area contributed by atoms with Gasteiger partial charge >= 0.3 is 6.18 Å². The summed E-state index contributed by atoms with van der Waals surface area (Å²) in [7, 11) is 0. The lowest BCUT2D eigenvalue weighted by atomic mass is 10.2. The first-order chi connectivity index (χ1) is 6.73. The number of hydrogen-bond donors (Lipinski definition) is 1. The van der Waals surface area contributed by atoms with E-state index in [9.17, 15) is 22.8 Å². The summed E-state index contributed by atoms with van der Waals surface area (Å²) in [4.78, 5) is 20.8. The van der Waals surface area contributed by atoms with Gasteiger partial charge in [0.1, 0.15) is 0 Å². The average molecular weight is 222 g/mol. The second-order valence-corrected chi connectivity index (χ2v) is 2.63. The number of hydrazone groups is 1. The lowest BCUT2D eigenvalue weighted by Gasteiger charge is -2.05. The van der Waals surface area contributed by atoms with E-state index in [0.29, 0.717) is 12.3 Å². The maximum atomic E-state index is 12.2. The number of amides is 1. The van der Waals surface area contributed by atoms with Gasteiger partial charge in [0.2, 0.25) is 5.91 Å². The molecule has 4 nitrogen and oxygen atoms in total. The molecule has 0 aromatic carbocycles. The van der Waals surface area contributed by atoms with E-state index in [2.05, 4.69) is 5.10 Å². The number of halogens is 3. The number of carbonyl (C=O) groups excluding carboxylic acids is 2. The fraction of sp³-hybridized carbons (Fsp3) is 0.375. The third-order valence-electron chi connectivity index (χ3n) is 1.11. The Morgan fingerprint density at radius 3 is 2.13 bits per heavy atom. The van der Waals surface area contributed by atoms with Gasteiger partial charge in [-0.3, -0.25) is 9.59 Å². The van der Waals surface area contributed by atoms with Gasteiger partial charge < -0.3 is 0 Å². The van der Waals surface area contributed by atoms with E-state index < -0.39 is 23.4 Å². The van der Waals surface area contributed by atoms with Gasteiger partial charge in [0.15, 0.2) is 5.78 Å². The van der Waals surface area contributed by atoms with E-state index in [1.807, 2.05) is 0 Å². The zero-order valence-electron chi connectivity index (χ0n) is 8.05. The van der Waals surface area contributed by atoms with Crippen LogP contribution in [0.3, 0.4) is 0 Å². The van der Waals surface area contributed by atoms with Crippen LogP contribution in [0.4, 0.5) is 13.2 Å². The van der Waals surface area contributed by atoms with Crippen molar-refractivity contribution in [1.29, 1.82) is 0 Å². The third kappa shape index (κ3) is 6.42. The fourth-order valence-electron chi connectivity index (χ4n) is 0.604. The van der Waals surface area contributed by atoms with Crippen molar-refractivity contribution >= 4 is 17.9 Å². The molecule has 15 heavy (non-hydrogen) atoms. The summed E-state index contributed by atoms with van der Waals surface area (Å²) < 4.78 is 36.5. The van der Waals surface area contributed by atoms with Crippen LogP contribution < -0.4 is 5.43 Å². The normalized spacial score (nSPS) is 13.0. The topological polar surface area (TPSA) is 58.5 Å². The summed E-state index contributed by atoms with van der Waals surface area (Å²) in [5, 5.41) is 3.03. The molecule has 0 unspecified atom stereocenters. The van der Waals surface area contributed by atoms with Gasteiger partial charge in [0.25, 0.3) is 0 Å². The highest BCUT2D eigenvalue weighted by Gasteiger charge is 2.32. The molecule has 0 spiro atoms. The smallest absolute Gasteiger partial charge is 0.295 e. The van der Waals surface area contributed by atoms with Crippen LogP contribution in [0.2, 0.25) is 0 Å². The van der Waals surface area contributed by atoms with Gasteiger partial charge in [-0.2, -0.15) is 18.3 Å². The highest BCUT2D eigenvalue weighted by molar-refractivity contribution is 5.95. The van der Waals surface area contributed by atoms with Crippen molar-refractivity contribution in [2.75, 3.05) is 0 Å². The average Bonchev–Trinajstić information content (AvgIpc) is 1.99. The Balaban J connectivity index is 4.76. The van der Waals surface area contributed by atoms with Crippen LogP contribution >= 0.6 is 0 Å². The molecule has 0 saturated carbocycles. The maximum Gasteiger partial charge on any atom is 0.418 e. The van der Waals surface area contributed by atoms with Gasteiger partial charge in [0.05, 0.1) is 11.8 Å². The molecule has 0 radical (unpaired) electrons. The van der Waals surface area contributed by atoms with E-state index in [1.54, 1.807) is 5.43 Å². The molecule has 0 atom stereocenters. The number of carbonyl (C=O) groups is 2. The Morgan fingerprint density at radius 1 is 1.27 bits per heavy atom. The summed E-state index contributed by atoms with van der Waals surface area (Å²) in [6.45, 7) is 2.08. The van der Waals surface area contributed by atoms with Crippen molar-refractivity contribution in [3.05, 3.63) is 11.6 Å². The van der Waals surface area contributed by atoms with Gasteiger partial charge in [-0.25, -0.2) is 5.43 Å². The van der Waals surface area contributed by atoms with Gasteiger partial charge in [0, 0.05) is 6.92 Å². The Morgan fingerprint density at radius 2 is 1.80 bits per heavy atom. The van der Waals surface area contributed by atoms with Crippen LogP contribution in [-0.2, 0) is 9.59 Å². The maximum absolute atomic E-state index is 12.2. The third-order valence-corrected chi connectivity index (χ3v) is 1.11. The van der Waals surface area contributed by atoms with Crippen molar-refractivity contribution in [2.24, 2.45) is 5.10 Å². The van der Waals surface area contributed by atoms with Crippen molar-refractivity contribution in [3.63, 3.8) is 0 Å². The van der Waals surface area contributed by atoms with Crippen molar-refractivity contribution in [1.82, 2.24) is 5.43 Å². The fourth-order valence-corrected chi connectivity index (χ4v) is 0.604. The first-order valence-corrected chi connectivity index (χ1v) is 3.82. The molecule has 0 aliphatic carbocycles. The number of nitrogens with zero attached hydrogens (tertiary/aromatic N) is 1. The number of nitrogens with one attached hydrogen (secondary N) is 1. The van der Waals surface area contributed by atoms with E-state index in [-0.39, 0.29) is 0 Å². The molecule has 0 aliphatic heterocycles. The quantitative estimate of drug-likeness (QED) is 0.443. The van der Waals surface area contributed by atoms with Crippen LogP contribution in [0.5, 0.6) is 0 Å². The molecule has 0 aromatic heterocycles. The number of alkyl halides is 3. The molecular weight excluding hydrogens is 213 g/mol. The molecule has 0 bridgehead atoms. The Hall–Kier alpha value is -1.66. The molecule has 0 saturated heterocycles. The molecule has 0 rings (SSSR count). The molecule has 0 heterocycles. The van der Waals surface area contributed by atoms with E-state index in [4.69, 9.17) is 0 Å². The van der Waals surface area contributed by atoms with Crippen LogP contribution in [0.1, 0.15) is 13.8 Å². The first kappa shape index (κ1) is 13.3. The minimum Gasteiger partial charge on any atom is -0.295 e. The lowest BCUT2D eigenvalue weighted by molar-refractivity contribution is -0.119. The number of allylic oxidation sites excluding steroid dienone is 2. The minimum atomic E-state index is -4.67. The summed E-state index contributed by atoms with van der Waals surface area (Å²) in [6, 6.07) is 0. The Labute approximate surface area is 83.8 Å². The highest BCUT2D eigenvalue weighted by atomic mass is 19.4. The second kappa shape index (κ2) is 5.28. The molecule has 1 N–H and O–H groups in total. The van der Waals surface area contributed by atoms with Crippen LogP contribution in [-0.4, -0.2) is 24.1 Å². The molecule has 84 valence electrons. The van der Waals surface area contributed by atoms with Crippen LogP contribution in [0.15, 0.2) is 16.8 Å². The first-order valence-electron chi connectivity index (χ1n) is 3.82. The van der Waals surface area contributed by atoms with E-state index in [1.165, 1.54) is 0 Å². The minimum absolute atomic E-state index is 0.378. The van der Waals surface area contributed by atoms with E-state index >= 15 is 0 Å². The van der Waals surface area contributed by atoms with E-state index in [0.717, 1.165) is 13.8 Å². The van der Waals surface area contributed by atoms with Gasteiger partial charge in [-0.05, 0) is 13.0 Å². The predicted octanol–water partition coefficient (Wildman–Crippen LogP) is 1.19. The van der Waals surface area contributed by atoms with Gasteiger partial charge in [-0.15, -0.1) is 0 Å². The molecule has 0 aromatic rings. The molecule has 0 aliphatic rings. The summed E-state index contributed by atoms with van der Waals surface area (Å²) in [5.41, 5.74) is 0.581. The number of rotatable bonds is 3.